The van der Waals surface area contributed by atoms with Crippen LogP contribution in [0, 0.1) is 18.2 Å². The number of likely N-dealkylation sites (tertiary alicyclic amines) is 1. The molecule has 2 N–H and O–H groups in total. The van der Waals surface area contributed by atoms with Gasteiger partial charge in [0, 0.05) is 62.5 Å². The van der Waals surface area contributed by atoms with Crippen molar-refractivity contribution in [2.24, 2.45) is 5.41 Å². The topological polar surface area (TPSA) is 91.9 Å². The molecule has 2 saturated heterocycles. The summed E-state index contributed by atoms with van der Waals surface area (Å²) >= 11 is 0. The molecule has 1 saturated carbocycles. The van der Waals surface area contributed by atoms with Crippen LogP contribution >= 0.6 is 0 Å². The van der Waals surface area contributed by atoms with E-state index in [9.17, 15) is 9.18 Å². The minimum absolute atomic E-state index is 0.216. The molecule has 1 spiro atoms. The van der Waals surface area contributed by atoms with Crippen LogP contribution in [-0.4, -0.2) is 84.8 Å². The van der Waals surface area contributed by atoms with Crippen molar-refractivity contribution in [1.29, 1.82) is 0 Å². The van der Waals surface area contributed by atoms with Crippen LogP contribution in [0.25, 0.3) is 10.9 Å². The lowest BCUT2D eigenvalue weighted by atomic mass is 9.63. The predicted octanol–water partition coefficient (Wildman–Crippen LogP) is 4.90. The van der Waals surface area contributed by atoms with E-state index < -0.39 is 0 Å². The number of hydrogen-bond acceptors (Lipinski definition) is 8. The van der Waals surface area contributed by atoms with E-state index in [4.69, 9.17) is 9.47 Å². The number of halogens is 1. The third-order valence-corrected chi connectivity index (χ3v) is 8.56. The van der Waals surface area contributed by atoms with Gasteiger partial charge < -0.3 is 20.1 Å². The number of aryl methyl sites for hydroxylation is 1. The smallest absolute Gasteiger partial charge is 0.248 e. The van der Waals surface area contributed by atoms with E-state index in [1.807, 2.05) is 18.2 Å². The summed E-state index contributed by atoms with van der Waals surface area (Å²) in [5.41, 5.74) is 3.03. The van der Waals surface area contributed by atoms with Crippen molar-refractivity contribution in [2.45, 2.75) is 32.6 Å². The fourth-order valence-electron chi connectivity index (χ4n) is 6.06. The van der Waals surface area contributed by atoms with E-state index in [0.29, 0.717) is 51.4 Å². The average molecular weight is 575 g/mol. The van der Waals surface area contributed by atoms with Crippen molar-refractivity contribution in [3.05, 3.63) is 60.2 Å². The van der Waals surface area contributed by atoms with Crippen molar-refractivity contribution in [3.8, 4) is 5.75 Å². The van der Waals surface area contributed by atoms with Gasteiger partial charge in [-0.15, -0.1) is 0 Å². The van der Waals surface area contributed by atoms with Gasteiger partial charge >= 0.3 is 0 Å². The summed E-state index contributed by atoms with van der Waals surface area (Å²) in [6.45, 7) is 9.58. The van der Waals surface area contributed by atoms with Crippen LogP contribution in [0.4, 0.5) is 21.6 Å². The van der Waals surface area contributed by atoms with Gasteiger partial charge in [-0.1, -0.05) is 12.5 Å². The van der Waals surface area contributed by atoms with Gasteiger partial charge in [0.05, 0.1) is 31.0 Å². The largest absolute Gasteiger partial charge is 0.491 e. The molecule has 1 aromatic heterocycles. The number of hydrogen-bond donors (Lipinski definition) is 2. The second kappa shape index (κ2) is 12.7. The lowest BCUT2D eigenvalue weighted by molar-refractivity contribution is -0.112. The summed E-state index contributed by atoms with van der Waals surface area (Å²) in [6, 6.07) is 8.50. The molecule has 1 amide bonds. The second-order valence-corrected chi connectivity index (χ2v) is 11.7. The van der Waals surface area contributed by atoms with Crippen molar-refractivity contribution < 1.29 is 18.7 Å². The average Bonchev–Trinajstić information content (AvgIpc) is 2.94. The maximum Gasteiger partial charge on any atom is 0.248 e. The maximum atomic E-state index is 13.8. The Morgan fingerprint density at radius 2 is 1.98 bits per heavy atom. The third kappa shape index (κ3) is 6.72. The van der Waals surface area contributed by atoms with Crippen molar-refractivity contribution in [3.63, 3.8) is 0 Å². The first-order chi connectivity index (χ1) is 20.5. The number of aromatic nitrogens is 2. The van der Waals surface area contributed by atoms with Gasteiger partial charge in [0.15, 0.2) is 0 Å². The summed E-state index contributed by atoms with van der Waals surface area (Å²) in [7, 11) is 0. The Labute approximate surface area is 246 Å². The van der Waals surface area contributed by atoms with Gasteiger partial charge in [-0.2, -0.15) is 0 Å². The normalized spacial score (nSPS) is 18.6. The van der Waals surface area contributed by atoms with Gasteiger partial charge in [-0.3, -0.25) is 14.6 Å². The first kappa shape index (κ1) is 28.5. The number of nitrogens with zero attached hydrogens (tertiary/aromatic N) is 4. The summed E-state index contributed by atoms with van der Waals surface area (Å²) in [6.07, 6.45) is 9.88. The Balaban J connectivity index is 1.17. The number of carbonyl (C=O) groups excluding carboxylic acids is 1. The zero-order valence-corrected chi connectivity index (χ0v) is 24.2. The maximum absolute atomic E-state index is 13.8. The van der Waals surface area contributed by atoms with E-state index in [0.717, 1.165) is 58.9 Å². The van der Waals surface area contributed by atoms with Gasteiger partial charge in [-0.05, 0) is 61.4 Å². The van der Waals surface area contributed by atoms with Gasteiger partial charge in [-0.25, -0.2) is 14.4 Å². The van der Waals surface area contributed by atoms with Crippen LogP contribution in [-0.2, 0) is 9.53 Å². The number of fused-ring (bicyclic) bond motifs is 1. The minimum Gasteiger partial charge on any atom is -0.491 e. The lowest BCUT2D eigenvalue weighted by Crippen LogP contribution is -2.59. The van der Waals surface area contributed by atoms with Crippen LogP contribution in [0.3, 0.4) is 0 Å². The quantitative estimate of drug-likeness (QED) is 0.247. The Morgan fingerprint density at radius 3 is 2.74 bits per heavy atom. The number of benzene rings is 2. The minimum atomic E-state index is -0.266. The van der Waals surface area contributed by atoms with Crippen molar-refractivity contribution in [1.82, 2.24) is 19.8 Å². The molecule has 0 bridgehead atoms. The fraction of sp³-hybridized carbons (Fsp3) is 0.469. The molecular weight excluding hydrogens is 535 g/mol. The number of amides is 1. The molecule has 6 rings (SSSR count). The zero-order valence-electron chi connectivity index (χ0n) is 24.2. The highest BCUT2D eigenvalue weighted by atomic mass is 19.1. The molecule has 1 aliphatic carbocycles. The van der Waals surface area contributed by atoms with Crippen LogP contribution in [0.15, 0.2) is 48.8 Å². The molecule has 2 aliphatic heterocycles. The highest BCUT2D eigenvalue weighted by Crippen LogP contribution is 2.47. The van der Waals surface area contributed by atoms with E-state index in [-0.39, 0.29) is 11.7 Å². The van der Waals surface area contributed by atoms with Crippen LogP contribution in [0.2, 0.25) is 0 Å². The molecule has 3 aromatic rings. The van der Waals surface area contributed by atoms with Crippen LogP contribution in [0.5, 0.6) is 5.75 Å². The van der Waals surface area contributed by atoms with Gasteiger partial charge in [0.1, 0.15) is 23.7 Å². The van der Waals surface area contributed by atoms with Crippen molar-refractivity contribution in [2.75, 3.05) is 69.7 Å². The highest BCUT2D eigenvalue weighted by molar-refractivity contribution is 6.03. The zero-order chi connectivity index (χ0) is 28.9. The molecule has 0 radical (unpaired) electrons. The Bertz CT molecular complexity index is 1450. The molecule has 10 heteroatoms. The lowest BCUT2D eigenvalue weighted by Gasteiger charge is -2.56. The molecule has 3 aliphatic rings. The molecule has 0 unspecified atom stereocenters. The number of nitrogens with one attached hydrogen (secondary N) is 2. The molecular formula is C32H39FN6O3. The second-order valence-electron chi connectivity index (χ2n) is 11.7. The van der Waals surface area contributed by atoms with E-state index in [1.165, 1.54) is 31.7 Å². The summed E-state index contributed by atoms with van der Waals surface area (Å²) in [5, 5.41) is 7.01. The Morgan fingerprint density at radius 1 is 1.14 bits per heavy atom. The SMILES string of the molecule is Cc1cc(Nc2ncnc3cc(OCCCN4CCOCC4)c(NC(=O)/C=C/CN4CC5(CCC5)C4)cc23)ccc1F. The number of ether oxygens (including phenoxy) is 2. The Hall–Kier alpha value is -3.60. The molecule has 3 heterocycles. The molecule has 3 fully saturated rings. The van der Waals surface area contributed by atoms with E-state index >= 15 is 0 Å². The first-order valence-electron chi connectivity index (χ1n) is 14.9. The molecule has 9 nitrogen and oxygen atoms in total. The van der Waals surface area contributed by atoms with E-state index in [1.54, 1.807) is 25.1 Å². The molecule has 2 aromatic carbocycles. The van der Waals surface area contributed by atoms with E-state index in [2.05, 4.69) is 30.4 Å². The highest BCUT2D eigenvalue weighted by Gasteiger charge is 2.46. The molecule has 222 valence electrons. The van der Waals surface area contributed by atoms with Gasteiger partial charge in [0.25, 0.3) is 0 Å². The summed E-state index contributed by atoms with van der Waals surface area (Å²) < 4.78 is 25.5. The predicted molar refractivity (Wildman–Crippen MR) is 162 cm³/mol. The summed E-state index contributed by atoms with van der Waals surface area (Å²) in [4.78, 5) is 26.6. The Kier molecular flexibility index (Phi) is 8.64. The number of carbonyl (C=O) groups is 1. The monoisotopic (exact) mass is 574 g/mol. The van der Waals surface area contributed by atoms with Gasteiger partial charge in [0.2, 0.25) is 5.91 Å². The standard InChI is InChI=1S/C32H39FN6O3/c1-23-17-24(6-7-26(23)33)36-31-25-18-28(37-30(40)5-2-10-39-20-32(21-39)8-3-9-32)29(19-27(25)34-22-35-31)42-14-4-11-38-12-15-41-16-13-38/h2,5-7,17-19,22H,3-4,8-16,20-21H2,1H3,(H,37,40)(H,34,35,36)/b5-2+. The summed E-state index contributed by atoms with van der Waals surface area (Å²) in [5.74, 6) is 0.631. The molecule has 0 atom stereocenters. The van der Waals surface area contributed by atoms with Crippen LogP contribution < -0.4 is 15.4 Å². The first-order valence-corrected chi connectivity index (χ1v) is 14.9. The van der Waals surface area contributed by atoms with Crippen LogP contribution in [0.1, 0.15) is 31.2 Å². The fourth-order valence-corrected chi connectivity index (χ4v) is 6.06. The van der Waals surface area contributed by atoms with Crippen molar-refractivity contribution >= 4 is 34.0 Å². The number of rotatable bonds is 11. The molecule has 42 heavy (non-hydrogen) atoms. The third-order valence-electron chi connectivity index (χ3n) is 8.56. The number of anilines is 3. The number of morpholine rings is 1.